The highest BCUT2D eigenvalue weighted by atomic mass is 28.4. The van der Waals surface area contributed by atoms with E-state index in [1.165, 1.54) is 57.8 Å². The van der Waals surface area contributed by atoms with Gasteiger partial charge < -0.3 is 19.0 Å². The summed E-state index contributed by atoms with van der Waals surface area (Å²) < 4.78 is 19.1. The summed E-state index contributed by atoms with van der Waals surface area (Å²) in [5, 5.41) is 8.91. The fraction of sp³-hybridized carbons (Fsp3) is 0.926. The van der Waals surface area contributed by atoms with Crippen molar-refractivity contribution in [3.63, 3.8) is 0 Å². The molecule has 188 valence electrons. The van der Waals surface area contributed by atoms with Gasteiger partial charge in [-0.3, -0.25) is 0 Å². The Morgan fingerprint density at radius 2 is 1.38 bits per heavy atom. The van der Waals surface area contributed by atoms with E-state index in [4.69, 9.17) is 25.4 Å². The van der Waals surface area contributed by atoms with Crippen LogP contribution in [-0.4, -0.2) is 44.1 Å². The van der Waals surface area contributed by atoms with E-state index in [1.807, 2.05) is 13.8 Å². The summed E-state index contributed by atoms with van der Waals surface area (Å²) in [5.41, 5.74) is 0. The lowest BCUT2D eigenvalue weighted by Gasteiger charge is -2.39. The fourth-order valence-corrected chi connectivity index (χ4v) is 5.27. The number of rotatable bonds is 16. The van der Waals surface area contributed by atoms with Crippen LogP contribution in [0, 0.1) is 12.3 Å². The van der Waals surface area contributed by atoms with Crippen LogP contribution < -0.4 is 0 Å². The van der Waals surface area contributed by atoms with Crippen molar-refractivity contribution in [2.45, 2.75) is 154 Å². The Kier molecular flexibility index (Phi) is 13.1. The van der Waals surface area contributed by atoms with E-state index in [9.17, 15) is 0 Å². The number of terminal acetylenes is 1. The summed E-state index contributed by atoms with van der Waals surface area (Å²) in [6.07, 6.45) is 20.0. The first-order chi connectivity index (χ1) is 14.9. The van der Waals surface area contributed by atoms with Crippen molar-refractivity contribution in [1.29, 1.82) is 0 Å². The third-order valence-electron chi connectivity index (χ3n) is 7.06. The maximum atomic E-state index is 8.80. The zero-order valence-corrected chi connectivity index (χ0v) is 23.2. The SMILES string of the molecule is C#C[C@H](O[Si](C)(C)C(C)(C)C)[C@@H]1OC(C)(C)O[C@H]1CCCCCCCCCCCCCO. The van der Waals surface area contributed by atoms with Gasteiger partial charge >= 0.3 is 0 Å². The molecule has 0 aromatic carbocycles. The van der Waals surface area contributed by atoms with E-state index >= 15 is 0 Å². The first-order valence-electron chi connectivity index (χ1n) is 13.0. The van der Waals surface area contributed by atoms with Crippen molar-refractivity contribution in [1.82, 2.24) is 0 Å². The lowest BCUT2D eigenvalue weighted by molar-refractivity contribution is -0.151. The fourth-order valence-electron chi connectivity index (χ4n) is 4.08. The van der Waals surface area contributed by atoms with E-state index < -0.39 is 14.1 Å². The van der Waals surface area contributed by atoms with Gasteiger partial charge in [0.2, 0.25) is 0 Å². The van der Waals surface area contributed by atoms with Crippen molar-refractivity contribution >= 4 is 8.32 Å². The number of ether oxygens (including phenoxy) is 2. The van der Waals surface area contributed by atoms with Crippen molar-refractivity contribution in [3.05, 3.63) is 0 Å². The van der Waals surface area contributed by atoms with E-state index in [1.54, 1.807) is 0 Å². The largest absolute Gasteiger partial charge is 0.401 e. The molecule has 0 radical (unpaired) electrons. The Hall–Kier alpha value is -0.383. The second kappa shape index (κ2) is 14.1. The molecule has 1 N–H and O–H groups in total. The topological polar surface area (TPSA) is 47.9 Å². The molecule has 0 amide bonds. The first kappa shape index (κ1) is 29.6. The third-order valence-corrected chi connectivity index (χ3v) is 11.5. The first-order valence-corrected chi connectivity index (χ1v) is 15.9. The molecule has 0 aliphatic carbocycles. The van der Waals surface area contributed by atoms with Gasteiger partial charge in [0.05, 0.1) is 6.10 Å². The Labute approximate surface area is 200 Å². The van der Waals surface area contributed by atoms with Gasteiger partial charge in [0.1, 0.15) is 12.2 Å². The monoisotopic (exact) mass is 468 g/mol. The minimum absolute atomic E-state index is 0.00487. The highest BCUT2D eigenvalue weighted by molar-refractivity contribution is 6.74. The Bertz CT molecular complexity index is 547. The van der Waals surface area contributed by atoms with E-state index in [-0.39, 0.29) is 23.4 Å². The molecule has 3 atom stereocenters. The van der Waals surface area contributed by atoms with Gasteiger partial charge in [-0.25, -0.2) is 0 Å². The predicted octanol–water partition coefficient (Wildman–Crippen LogP) is 7.20. The minimum Gasteiger partial charge on any atom is -0.401 e. The second-order valence-corrected chi connectivity index (χ2v) is 16.3. The van der Waals surface area contributed by atoms with Gasteiger partial charge in [-0.15, -0.1) is 6.42 Å². The zero-order valence-electron chi connectivity index (χ0n) is 22.2. The van der Waals surface area contributed by atoms with Crippen molar-refractivity contribution in [3.8, 4) is 12.3 Å². The third kappa shape index (κ3) is 10.7. The van der Waals surface area contributed by atoms with Crippen molar-refractivity contribution in [2.75, 3.05) is 6.61 Å². The lowest BCUT2D eigenvalue weighted by atomic mass is 10.0. The average molecular weight is 469 g/mol. The maximum Gasteiger partial charge on any atom is 0.193 e. The Balaban J connectivity index is 2.37. The van der Waals surface area contributed by atoms with E-state index in [0.29, 0.717) is 6.61 Å². The quantitative estimate of drug-likeness (QED) is 0.148. The summed E-state index contributed by atoms with van der Waals surface area (Å²) in [6.45, 7) is 15.5. The van der Waals surface area contributed by atoms with Crippen LogP contribution in [0.4, 0.5) is 0 Å². The molecule has 0 spiro atoms. The van der Waals surface area contributed by atoms with Crippen LogP contribution in [0.5, 0.6) is 0 Å². The Morgan fingerprint density at radius 1 is 0.906 bits per heavy atom. The van der Waals surface area contributed by atoms with Crippen LogP contribution in [0.25, 0.3) is 0 Å². The number of aliphatic hydroxyl groups is 1. The molecule has 1 saturated heterocycles. The molecule has 1 aliphatic rings. The van der Waals surface area contributed by atoms with Crippen molar-refractivity contribution in [2.24, 2.45) is 0 Å². The van der Waals surface area contributed by atoms with Crippen LogP contribution in [0.15, 0.2) is 0 Å². The van der Waals surface area contributed by atoms with Crippen LogP contribution in [0.3, 0.4) is 0 Å². The van der Waals surface area contributed by atoms with E-state index in [0.717, 1.165) is 19.3 Å². The molecular formula is C27H52O4Si. The van der Waals surface area contributed by atoms with Gasteiger partial charge in [0.15, 0.2) is 14.1 Å². The smallest absolute Gasteiger partial charge is 0.193 e. The normalized spacial score (nSPS) is 22.1. The van der Waals surface area contributed by atoms with Crippen LogP contribution in [0.2, 0.25) is 18.1 Å². The zero-order chi connectivity index (χ0) is 24.3. The average Bonchev–Trinajstić information content (AvgIpc) is 3.00. The molecule has 5 heteroatoms. The number of aliphatic hydroxyl groups excluding tert-OH is 1. The molecule has 1 fully saturated rings. The summed E-state index contributed by atoms with van der Waals surface area (Å²) in [5.74, 6) is 2.27. The van der Waals surface area contributed by atoms with Gasteiger partial charge in [0.25, 0.3) is 0 Å². The summed E-state index contributed by atoms with van der Waals surface area (Å²) in [7, 11) is -1.99. The molecule has 0 aromatic heterocycles. The predicted molar refractivity (Wildman–Crippen MR) is 137 cm³/mol. The van der Waals surface area contributed by atoms with Crippen LogP contribution in [0.1, 0.15) is 112 Å². The Morgan fingerprint density at radius 3 is 1.81 bits per heavy atom. The summed E-state index contributed by atoms with van der Waals surface area (Å²) in [4.78, 5) is 0. The molecular weight excluding hydrogens is 416 g/mol. The summed E-state index contributed by atoms with van der Waals surface area (Å²) >= 11 is 0. The van der Waals surface area contributed by atoms with E-state index in [2.05, 4.69) is 39.8 Å². The highest BCUT2D eigenvalue weighted by Gasteiger charge is 2.48. The highest BCUT2D eigenvalue weighted by Crippen LogP contribution is 2.40. The summed E-state index contributed by atoms with van der Waals surface area (Å²) in [6, 6.07) is 0. The standard InChI is InChI=1S/C27H52O4Si/c1-9-23(31-32(7,8)26(2,3)4)25-24(29-27(5,6)30-25)21-19-17-15-13-11-10-12-14-16-18-20-22-28/h1,23-25,28H,10-22H2,2-8H3/t23-,24-,25-/m0/s1. The minimum atomic E-state index is -1.99. The maximum absolute atomic E-state index is 8.80. The number of hydrogen-bond donors (Lipinski definition) is 1. The number of hydrogen-bond acceptors (Lipinski definition) is 4. The molecule has 0 aromatic rings. The molecule has 1 rings (SSSR count). The second-order valence-electron chi connectivity index (χ2n) is 11.5. The number of unbranched alkanes of at least 4 members (excludes halogenated alkanes) is 10. The van der Waals surface area contributed by atoms with Crippen molar-refractivity contribution < 1.29 is 19.0 Å². The molecule has 1 heterocycles. The van der Waals surface area contributed by atoms with Gasteiger partial charge in [-0.2, -0.15) is 0 Å². The molecule has 4 nitrogen and oxygen atoms in total. The molecule has 0 unspecified atom stereocenters. The molecule has 32 heavy (non-hydrogen) atoms. The van der Waals surface area contributed by atoms with Gasteiger partial charge in [-0.1, -0.05) is 90.9 Å². The van der Waals surface area contributed by atoms with Crippen LogP contribution >= 0.6 is 0 Å². The molecule has 0 bridgehead atoms. The molecule has 1 aliphatic heterocycles. The molecule has 0 saturated carbocycles. The van der Waals surface area contributed by atoms with Gasteiger partial charge in [0, 0.05) is 6.61 Å². The van der Waals surface area contributed by atoms with Gasteiger partial charge in [-0.05, 0) is 44.8 Å². The lowest BCUT2D eigenvalue weighted by Crippen LogP contribution is -2.48. The van der Waals surface area contributed by atoms with Crippen LogP contribution in [-0.2, 0) is 13.9 Å².